The van der Waals surface area contributed by atoms with Crippen molar-refractivity contribution in [2.24, 2.45) is 0 Å². The van der Waals surface area contributed by atoms with Gasteiger partial charge in [0.15, 0.2) is 0 Å². The highest BCUT2D eigenvalue weighted by molar-refractivity contribution is 5.97. The van der Waals surface area contributed by atoms with Crippen molar-refractivity contribution in [2.75, 3.05) is 39.3 Å². The molecule has 0 aliphatic carbocycles. The molecule has 2 aromatic rings. The minimum absolute atomic E-state index is 0.0143. The molecule has 2 aliphatic rings. The monoisotopic (exact) mass is 534 g/mol. The molecule has 0 unspecified atom stereocenters. The lowest BCUT2D eigenvalue weighted by Crippen LogP contribution is -2.46. The zero-order chi connectivity index (χ0) is 27.9. The van der Waals surface area contributed by atoms with Gasteiger partial charge in [-0.25, -0.2) is 0 Å². The molecule has 8 nitrogen and oxygen atoms in total. The summed E-state index contributed by atoms with van der Waals surface area (Å²) in [5.74, 6) is -0.449. The molecule has 0 spiro atoms. The molecular weight excluding hydrogens is 492 g/mol. The van der Waals surface area contributed by atoms with Crippen LogP contribution in [0.1, 0.15) is 71.6 Å². The van der Waals surface area contributed by atoms with Gasteiger partial charge in [-0.15, -0.1) is 0 Å². The van der Waals surface area contributed by atoms with E-state index in [2.05, 4.69) is 39.9 Å². The summed E-state index contributed by atoms with van der Waals surface area (Å²) >= 11 is 0. The van der Waals surface area contributed by atoms with Crippen molar-refractivity contribution >= 4 is 11.8 Å². The van der Waals surface area contributed by atoms with Crippen LogP contribution in [0.15, 0.2) is 43.0 Å². The molecule has 0 bridgehead atoms. The van der Waals surface area contributed by atoms with Crippen LogP contribution in [-0.2, 0) is 24.4 Å². The van der Waals surface area contributed by atoms with E-state index < -0.39 is 0 Å². The lowest BCUT2D eigenvalue weighted by atomic mass is 9.98. The molecule has 2 heterocycles. The van der Waals surface area contributed by atoms with E-state index in [-0.39, 0.29) is 34.8 Å². The van der Waals surface area contributed by atoms with Gasteiger partial charge < -0.3 is 25.3 Å². The fraction of sp³-hybridized carbons (Fsp3) is 0.484. The van der Waals surface area contributed by atoms with Crippen molar-refractivity contribution in [1.82, 2.24) is 20.0 Å². The van der Waals surface area contributed by atoms with E-state index in [1.807, 2.05) is 13.8 Å². The molecule has 1 fully saturated rings. The Kier molecular flexibility index (Phi) is 9.64. The summed E-state index contributed by atoms with van der Waals surface area (Å²) in [5, 5.41) is 23.3. The predicted molar refractivity (Wildman–Crippen MR) is 153 cm³/mol. The molecule has 1 saturated heterocycles. The number of fused-ring (bicyclic) bond motifs is 1. The summed E-state index contributed by atoms with van der Waals surface area (Å²) < 4.78 is 0. The number of rotatable bonds is 11. The number of phenols is 2. The lowest BCUT2D eigenvalue weighted by molar-refractivity contribution is -0.116. The Labute approximate surface area is 231 Å². The summed E-state index contributed by atoms with van der Waals surface area (Å²) in [4.78, 5) is 31.2. The predicted octanol–water partition coefficient (Wildman–Crippen LogP) is 3.97. The van der Waals surface area contributed by atoms with Gasteiger partial charge in [-0.3, -0.25) is 14.5 Å². The van der Waals surface area contributed by atoms with E-state index in [4.69, 9.17) is 0 Å². The molecule has 8 heteroatoms. The van der Waals surface area contributed by atoms with Crippen molar-refractivity contribution in [3.8, 4) is 11.5 Å². The van der Waals surface area contributed by atoms with Crippen LogP contribution in [0.2, 0.25) is 0 Å². The second-order valence-electron chi connectivity index (χ2n) is 11.0. The van der Waals surface area contributed by atoms with E-state index in [1.54, 1.807) is 11.0 Å². The van der Waals surface area contributed by atoms with Gasteiger partial charge in [-0.1, -0.05) is 45.0 Å². The Morgan fingerprint density at radius 1 is 0.949 bits per heavy atom. The SMILES string of the molecule is C=CC(=O)NCCCCCN1CCN(Cc2ccc3c(c2)CN(C(=O)c2cc(C(C)C)c(O)cc2O)C3)CC1. The normalized spacial score (nSPS) is 15.9. The maximum absolute atomic E-state index is 13.3. The lowest BCUT2D eigenvalue weighted by Gasteiger charge is -2.34. The second kappa shape index (κ2) is 13.1. The second-order valence-corrected chi connectivity index (χ2v) is 11.0. The smallest absolute Gasteiger partial charge is 0.258 e. The molecule has 39 heavy (non-hydrogen) atoms. The maximum atomic E-state index is 13.3. The molecule has 0 atom stereocenters. The first-order chi connectivity index (χ1) is 18.7. The summed E-state index contributed by atoms with van der Waals surface area (Å²) in [5.41, 5.74) is 4.45. The zero-order valence-corrected chi connectivity index (χ0v) is 23.3. The first-order valence-electron chi connectivity index (χ1n) is 14.1. The van der Waals surface area contributed by atoms with E-state index in [1.165, 1.54) is 17.7 Å². The Morgan fingerprint density at radius 3 is 2.38 bits per heavy atom. The summed E-state index contributed by atoms with van der Waals surface area (Å²) in [6.45, 7) is 15.3. The number of carbonyl (C=O) groups is 2. The van der Waals surface area contributed by atoms with Gasteiger partial charge in [0.2, 0.25) is 5.91 Å². The van der Waals surface area contributed by atoms with Crippen LogP contribution >= 0.6 is 0 Å². The van der Waals surface area contributed by atoms with Crippen molar-refractivity contribution < 1.29 is 19.8 Å². The summed E-state index contributed by atoms with van der Waals surface area (Å²) in [6, 6.07) is 9.41. The maximum Gasteiger partial charge on any atom is 0.258 e. The fourth-order valence-electron chi connectivity index (χ4n) is 5.44. The van der Waals surface area contributed by atoms with Gasteiger partial charge in [-0.2, -0.15) is 0 Å². The Hall–Kier alpha value is -3.36. The van der Waals surface area contributed by atoms with E-state index in [9.17, 15) is 19.8 Å². The average molecular weight is 535 g/mol. The fourth-order valence-corrected chi connectivity index (χ4v) is 5.44. The number of aromatic hydroxyl groups is 2. The molecule has 0 aromatic heterocycles. The number of nitrogens with zero attached hydrogens (tertiary/aromatic N) is 3. The van der Waals surface area contributed by atoms with Gasteiger partial charge in [0.25, 0.3) is 5.91 Å². The third-order valence-electron chi connectivity index (χ3n) is 7.78. The molecular formula is C31H42N4O4. The minimum Gasteiger partial charge on any atom is -0.508 e. The first-order valence-corrected chi connectivity index (χ1v) is 14.1. The van der Waals surface area contributed by atoms with Crippen molar-refractivity contribution in [3.05, 3.63) is 70.8 Å². The van der Waals surface area contributed by atoms with Crippen LogP contribution in [0.3, 0.4) is 0 Å². The molecule has 210 valence electrons. The molecule has 2 aromatic carbocycles. The number of hydrogen-bond donors (Lipinski definition) is 3. The molecule has 0 radical (unpaired) electrons. The molecule has 2 aliphatic heterocycles. The van der Waals surface area contributed by atoms with Gasteiger partial charge in [0.1, 0.15) is 11.5 Å². The number of carbonyl (C=O) groups excluding carboxylic acids is 2. The number of unbranched alkanes of at least 4 members (excludes halogenated alkanes) is 2. The largest absolute Gasteiger partial charge is 0.508 e. The highest BCUT2D eigenvalue weighted by Crippen LogP contribution is 2.34. The first kappa shape index (κ1) is 28.6. The van der Waals surface area contributed by atoms with Crippen LogP contribution in [0.4, 0.5) is 0 Å². The van der Waals surface area contributed by atoms with Gasteiger partial charge in [0, 0.05) is 58.4 Å². The number of amides is 2. The number of phenolic OH excluding ortho intramolecular Hbond substituents is 2. The topological polar surface area (TPSA) is 96.4 Å². The van der Waals surface area contributed by atoms with E-state index >= 15 is 0 Å². The Morgan fingerprint density at radius 2 is 1.67 bits per heavy atom. The van der Waals surface area contributed by atoms with Crippen molar-refractivity contribution in [1.29, 1.82) is 0 Å². The van der Waals surface area contributed by atoms with Gasteiger partial charge >= 0.3 is 0 Å². The number of piperazine rings is 1. The average Bonchev–Trinajstić information content (AvgIpc) is 3.34. The van der Waals surface area contributed by atoms with Crippen LogP contribution < -0.4 is 5.32 Å². The van der Waals surface area contributed by atoms with E-state index in [0.717, 1.165) is 69.7 Å². The number of hydrogen-bond acceptors (Lipinski definition) is 6. The van der Waals surface area contributed by atoms with Crippen LogP contribution in [0.5, 0.6) is 11.5 Å². The minimum atomic E-state index is -0.218. The molecule has 4 rings (SSSR count). The standard InChI is InChI=1S/C31H42N4O4/c1-4-30(38)32-10-6-5-7-11-33-12-14-34(15-13-33)19-23-8-9-24-20-35(21-25(24)16-23)31(39)27-17-26(22(2)3)28(36)18-29(27)37/h4,8-9,16-18,22,36-37H,1,5-7,10-15,19-21H2,2-3H3,(H,32,38). The highest BCUT2D eigenvalue weighted by atomic mass is 16.3. The van der Waals surface area contributed by atoms with Gasteiger partial charge in [0.05, 0.1) is 5.56 Å². The third kappa shape index (κ3) is 7.40. The summed E-state index contributed by atoms with van der Waals surface area (Å²) in [6.07, 6.45) is 4.56. The molecule has 3 N–H and O–H groups in total. The molecule has 0 saturated carbocycles. The Balaban J connectivity index is 1.24. The third-order valence-corrected chi connectivity index (χ3v) is 7.78. The van der Waals surface area contributed by atoms with Crippen LogP contribution in [0.25, 0.3) is 0 Å². The molecule has 2 amide bonds. The zero-order valence-electron chi connectivity index (χ0n) is 23.3. The highest BCUT2D eigenvalue weighted by Gasteiger charge is 2.28. The summed E-state index contributed by atoms with van der Waals surface area (Å²) in [7, 11) is 0. The van der Waals surface area contributed by atoms with Crippen LogP contribution in [0, 0.1) is 0 Å². The van der Waals surface area contributed by atoms with Crippen LogP contribution in [-0.4, -0.2) is 76.0 Å². The van der Waals surface area contributed by atoms with Crippen molar-refractivity contribution in [3.63, 3.8) is 0 Å². The number of benzene rings is 2. The van der Waals surface area contributed by atoms with Gasteiger partial charge in [-0.05, 0) is 59.7 Å². The quantitative estimate of drug-likeness (QED) is 0.298. The van der Waals surface area contributed by atoms with E-state index in [0.29, 0.717) is 25.2 Å². The Bertz CT molecular complexity index is 1190. The number of nitrogens with one attached hydrogen (secondary N) is 1. The van der Waals surface area contributed by atoms with Crippen molar-refractivity contribution in [2.45, 2.75) is 58.7 Å².